The molecule has 2 rings (SSSR count). The van der Waals surface area contributed by atoms with Crippen LogP contribution in [0.5, 0.6) is 0 Å². The third kappa shape index (κ3) is 8.03. The molecule has 2 nitrogen and oxygen atoms in total. The first-order valence-electron chi connectivity index (χ1n) is 10.4. The monoisotopic (exact) mass is 325 g/mol. The normalized spacial score (nSPS) is 31.2. The van der Waals surface area contributed by atoms with Crippen LogP contribution in [-0.2, 0) is 4.74 Å². The van der Waals surface area contributed by atoms with Crippen molar-refractivity contribution in [2.45, 2.75) is 91.5 Å². The van der Waals surface area contributed by atoms with Crippen molar-refractivity contribution >= 4 is 0 Å². The van der Waals surface area contributed by atoms with Gasteiger partial charge in [-0.3, -0.25) is 0 Å². The molecule has 138 valence electrons. The third-order valence-electron chi connectivity index (χ3n) is 5.85. The molecule has 0 aromatic heterocycles. The third-order valence-corrected chi connectivity index (χ3v) is 5.85. The van der Waals surface area contributed by atoms with E-state index in [0.29, 0.717) is 0 Å². The highest BCUT2D eigenvalue weighted by atomic mass is 16.5. The van der Waals surface area contributed by atoms with E-state index >= 15 is 0 Å². The van der Waals surface area contributed by atoms with E-state index in [1.54, 1.807) is 0 Å². The quantitative estimate of drug-likeness (QED) is 0.563. The van der Waals surface area contributed by atoms with Gasteiger partial charge < -0.3 is 9.64 Å². The fourth-order valence-corrected chi connectivity index (χ4v) is 4.58. The summed E-state index contributed by atoms with van der Waals surface area (Å²) in [6, 6.07) is 0.881. The van der Waals surface area contributed by atoms with E-state index in [-0.39, 0.29) is 0 Å². The lowest BCUT2D eigenvalue weighted by Crippen LogP contribution is -2.23. The van der Waals surface area contributed by atoms with Crippen molar-refractivity contribution in [1.82, 2.24) is 4.90 Å². The van der Waals surface area contributed by atoms with Crippen molar-refractivity contribution < 1.29 is 4.74 Å². The molecular weight excluding hydrogens is 282 g/mol. The van der Waals surface area contributed by atoms with Crippen LogP contribution in [-0.4, -0.2) is 37.7 Å². The van der Waals surface area contributed by atoms with Crippen LogP contribution in [0.1, 0.15) is 85.5 Å². The van der Waals surface area contributed by atoms with Gasteiger partial charge in [-0.25, -0.2) is 0 Å². The van der Waals surface area contributed by atoms with Crippen LogP contribution in [0.3, 0.4) is 0 Å². The molecule has 1 aliphatic heterocycles. The summed E-state index contributed by atoms with van der Waals surface area (Å²) in [7, 11) is 2.27. The van der Waals surface area contributed by atoms with Crippen LogP contribution in [0.25, 0.3) is 0 Å². The maximum Gasteiger partial charge on any atom is 0.0494 e. The van der Waals surface area contributed by atoms with Gasteiger partial charge in [-0.15, -0.1) is 0 Å². The average Bonchev–Trinajstić information content (AvgIpc) is 3.13. The standard InChI is InChI=1S/C11H22O.C10H21N/c1-3-5-10-6-7-11(8-10)9-12-4-2;1-4-6-9-7-10(5-2)11(3)8-9/h10-11H,3-9H2,1-2H3;9-10H,4-8H2,1-3H3. The second kappa shape index (κ2) is 12.3. The van der Waals surface area contributed by atoms with Crippen LogP contribution in [0.15, 0.2) is 0 Å². The molecule has 1 heterocycles. The Morgan fingerprint density at radius 3 is 2.09 bits per heavy atom. The van der Waals surface area contributed by atoms with Gasteiger partial charge in [0.1, 0.15) is 0 Å². The van der Waals surface area contributed by atoms with Gasteiger partial charge in [-0.2, -0.15) is 0 Å². The van der Waals surface area contributed by atoms with E-state index in [2.05, 4.69) is 39.6 Å². The van der Waals surface area contributed by atoms with Gasteiger partial charge in [0, 0.05) is 25.8 Å². The number of ether oxygens (including phenoxy) is 1. The summed E-state index contributed by atoms with van der Waals surface area (Å²) in [6.45, 7) is 12.2. The Morgan fingerprint density at radius 2 is 1.52 bits per heavy atom. The molecule has 1 aliphatic carbocycles. The van der Waals surface area contributed by atoms with Gasteiger partial charge in [0.05, 0.1) is 0 Å². The molecule has 0 amide bonds. The van der Waals surface area contributed by atoms with Crippen molar-refractivity contribution in [2.24, 2.45) is 17.8 Å². The molecule has 0 N–H and O–H groups in total. The Morgan fingerprint density at radius 1 is 0.870 bits per heavy atom. The van der Waals surface area contributed by atoms with Crippen LogP contribution < -0.4 is 0 Å². The first-order valence-corrected chi connectivity index (χ1v) is 10.4. The summed E-state index contributed by atoms with van der Waals surface area (Å²) in [5.41, 5.74) is 0. The summed E-state index contributed by atoms with van der Waals surface area (Å²) in [4.78, 5) is 2.53. The summed E-state index contributed by atoms with van der Waals surface area (Å²) >= 11 is 0. The van der Waals surface area contributed by atoms with Crippen molar-refractivity contribution in [3.8, 4) is 0 Å². The lowest BCUT2D eigenvalue weighted by Gasteiger charge is -2.16. The Bertz CT molecular complexity index is 281. The Balaban J connectivity index is 0.000000231. The Hall–Kier alpha value is -0.0800. The molecule has 1 saturated heterocycles. The zero-order valence-corrected chi connectivity index (χ0v) is 16.7. The summed E-state index contributed by atoms with van der Waals surface area (Å²) in [5, 5.41) is 0. The number of nitrogens with zero attached hydrogens (tertiary/aromatic N) is 1. The summed E-state index contributed by atoms with van der Waals surface area (Å²) in [6.07, 6.45) is 12.6. The summed E-state index contributed by atoms with van der Waals surface area (Å²) in [5.74, 6) is 2.89. The first kappa shape index (κ1) is 21.0. The molecule has 2 heteroatoms. The van der Waals surface area contributed by atoms with Gasteiger partial charge in [0.15, 0.2) is 0 Å². The molecule has 2 fully saturated rings. The van der Waals surface area contributed by atoms with Gasteiger partial charge in [0.25, 0.3) is 0 Å². The van der Waals surface area contributed by atoms with Gasteiger partial charge in [-0.05, 0) is 63.8 Å². The highest BCUT2D eigenvalue weighted by molar-refractivity contribution is 4.81. The van der Waals surface area contributed by atoms with Crippen molar-refractivity contribution in [2.75, 3.05) is 26.8 Å². The van der Waals surface area contributed by atoms with E-state index in [9.17, 15) is 0 Å². The second-order valence-electron chi connectivity index (χ2n) is 7.89. The zero-order chi connectivity index (χ0) is 17.1. The number of rotatable bonds is 8. The smallest absolute Gasteiger partial charge is 0.0494 e. The van der Waals surface area contributed by atoms with Gasteiger partial charge in [0.2, 0.25) is 0 Å². The molecule has 0 bridgehead atoms. The maximum absolute atomic E-state index is 5.44. The van der Waals surface area contributed by atoms with Crippen LogP contribution in [0, 0.1) is 17.8 Å². The molecule has 0 aromatic rings. The minimum atomic E-state index is 0.876. The van der Waals surface area contributed by atoms with E-state index in [1.807, 2.05) is 0 Å². The van der Waals surface area contributed by atoms with Gasteiger partial charge >= 0.3 is 0 Å². The molecular formula is C21H43NO. The van der Waals surface area contributed by atoms with Crippen molar-refractivity contribution in [1.29, 1.82) is 0 Å². The lowest BCUT2D eigenvalue weighted by molar-refractivity contribution is 0.111. The Kier molecular flexibility index (Phi) is 11.2. The first-order chi connectivity index (χ1) is 11.1. The van der Waals surface area contributed by atoms with Crippen LogP contribution in [0.4, 0.5) is 0 Å². The highest BCUT2D eigenvalue weighted by Crippen LogP contribution is 2.33. The van der Waals surface area contributed by atoms with E-state index in [0.717, 1.165) is 37.0 Å². The molecule has 0 radical (unpaired) electrons. The zero-order valence-electron chi connectivity index (χ0n) is 16.7. The van der Waals surface area contributed by atoms with Crippen molar-refractivity contribution in [3.63, 3.8) is 0 Å². The van der Waals surface area contributed by atoms with Gasteiger partial charge in [-0.1, -0.05) is 46.5 Å². The molecule has 2 aliphatic rings. The molecule has 4 atom stereocenters. The number of hydrogen-bond donors (Lipinski definition) is 0. The number of hydrogen-bond acceptors (Lipinski definition) is 2. The predicted molar refractivity (Wildman–Crippen MR) is 102 cm³/mol. The SMILES string of the molecule is CCCC1CC(CC)N(C)C1.CCCC1CCC(COCC)C1. The fourth-order valence-electron chi connectivity index (χ4n) is 4.58. The topological polar surface area (TPSA) is 12.5 Å². The van der Waals surface area contributed by atoms with E-state index < -0.39 is 0 Å². The lowest BCUT2D eigenvalue weighted by atomic mass is 10.00. The Labute approximate surface area is 146 Å². The summed E-state index contributed by atoms with van der Waals surface area (Å²) < 4.78 is 5.44. The largest absolute Gasteiger partial charge is 0.381 e. The highest BCUT2D eigenvalue weighted by Gasteiger charge is 2.26. The second-order valence-corrected chi connectivity index (χ2v) is 7.89. The molecule has 0 aromatic carbocycles. The molecule has 1 saturated carbocycles. The van der Waals surface area contributed by atoms with Crippen LogP contribution >= 0.6 is 0 Å². The van der Waals surface area contributed by atoms with Crippen molar-refractivity contribution in [3.05, 3.63) is 0 Å². The van der Waals surface area contributed by atoms with Crippen LogP contribution in [0.2, 0.25) is 0 Å². The minimum absolute atomic E-state index is 0.876. The molecule has 23 heavy (non-hydrogen) atoms. The van der Waals surface area contributed by atoms with E-state index in [4.69, 9.17) is 4.74 Å². The predicted octanol–water partition coefficient (Wildman–Crippen LogP) is 5.76. The fraction of sp³-hybridized carbons (Fsp3) is 1.00. The maximum atomic E-state index is 5.44. The van der Waals surface area contributed by atoms with E-state index in [1.165, 1.54) is 64.3 Å². The average molecular weight is 326 g/mol. The number of likely N-dealkylation sites (tertiary alicyclic amines) is 1. The molecule has 4 unspecified atom stereocenters. The minimum Gasteiger partial charge on any atom is -0.381 e. The molecule has 0 spiro atoms.